The second kappa shape index (κ2) is 5.29. The summed E-state index contributed by atoms with van der Waals surface area (Å²) >= 11 is 3.56. The molecule has 1 fully saturated rings. The number of hydrogen-bond donors (Lipinski definition) is 1. The van der Waals surface area contributed by atoms with Crippen molar-refractivity contribution in [2.24, 2.45) is 10.9 Å². The van der Waals surface area contributed by atoms with Gasteiger partial charge in [-0.3, -0.25) is 4.99 Å². The first-order valence-electron chi connectivity index (χ1n) is 7.55. The second-order valence-electron chi connectivity index (χ2n) is 6.27. The molecule has 3 nitrogen and oxygen atoms in total. The fourth-order valence-electron chi connectivity index (χ4n) is 3.16. The third-order valence-electron chi connectivity index (χ3n) is 4.60. The Morgan fingerprint density at radius 1 is 1.29 bits per heavy atom. The molecule has 0 amide bonds. The molecular weight excluding hydrogens is 298 g/mol. The molecule has 1 spiro atoms. The van der Waals surface area contributed by atoms with Crippen LogP contribution in [0.4, 0.5) is 5.69 Å². The Balaban J connectivity index is 1.52. The van der Waals surface area contributed by atoms with Gasteiger partial charge in [0.1, 0.15) is 0 Å². The molecular formula is C16H19N3S2. The predicted molar refractivity (Wildman–Crippen MR) is 93.5 cm³/mol. The maximum absolute atomic E-state index is 5.03. The average Bonchev–Trinajstić information content (AvgIpc) is 3.10. The zero-order valence-electron chi connectivity index (χ0n) is 12.1. The summed E-state index contributed by atoms with van der Waals surface area (Å²) in [7, 11) is 0. The molecule has 21 heavy (non-hydrogen) atoms. The van der Waals surface area contributed by atoms with Crippen molar-refractivity contribution in [3.05, 3.63) is 23.7 Å². The van der Waals surface area contributed by atoms with E-state index in [4.69, 9.17) is 4.99 Å². The van der Waals surface area contributed by atoms with Crippen LogP contribution in [0, 0.1) is 5.92 Å². The van der Waals surface area contributed by atoms with Crippen LogP contribution in [-0.4, -0.2) is 21.4 Å². The topological polar surface area (TPSA) is 37.3 Å². The monoisotopic (exact) mass is 317 g/mol. The molecule has 0 saturated heterocycles. The lowest BCUT2D eigenvalue weighted by molar-refractivity contribution is 0.273. The van der Waals surface area contributed by atoms with E-state index in [1.54, 1.807) is 11.3 Å². The summed E-state index contributed by atoms with van der Waals surface area (Å²) < 4.78 is 1.23. The molecule has 1 aliphatic heterocycles. The maximum Gasteiger partial charge on any atom is 0.161 e. The van der Waals surface area contributed by atoms with Gasteiger partial charge in [0, 0.05) is 11.4 Å². The van der Waals surface area contributed by atoms with Gasteiger partial charge < -0.3 is 5.32 Å². The second-order valence-corrected chi connectivity index (χ2v) is 8.12. The van der Waals surface area contributed by atoms with Crippen LogP contribution >= 0.6 is 23.1 Å². The van der Waals surface area contributed by atoms with Crippen molar-refractivity contribution < 1.29 is 0 Å². The number of nitrogens with zero attached hydrogens (tertiary/aromatic N) is 2. The molecule has 0 radical (unpaired) electrons. The lowest BCUT2D eigenvalue weighted by Crippen LogP contribution is -2.32. The normalized spacial score (nSPS) is 29.0. The van der Waals surface area contributed by atoms with E-state index in [0.29, 0.717) is 0 Å². The van der Waals surface area contributed by atoms with E-state index < -0.39 is 0 Å². The fourth-order valence-corrected chi connectivity index (χ4v) is 5.08. The number of aromatic nitrogens is 1. The van der Waals surface area contributed by atoms with Gasteiger partial charge in [0.15, 0.2) is 5.17 Å². The van der Waals surface area contributed by atoms with Gasteiger partial charge in [-0.15, -0.1) is 11.3 Å². The third-order valence-corrected chi connectivity index (χ3v) is 6.54. The highest BCUT2D eigenvalue weighted by Crippen LogP contribution is 2.41. The Kier molecular flexibility index (Phi) is 3.42. The Bertz CT molecular complexity index is 684. The van der Waals surface area contributed by atoms with Crippen LogP contribution in [0.1, 0.15) is 32.6 Å². The minimum Gasteiger partial charge on any atom is -0.335 e. The molecule has 1 aromatic heterocycles. The van der Waals surface area contributed by atoms with Gasteiger partial charge in [-0.05, 0) is 49.8 Å². The largest absolute Gasteiger partial charge is 0.335 e. The molecule has 1 aliphatic carbocycles. The van der Waals surface area contributed by atoms with E-state index >= 15 is 0 Å². The third kappa shape index (κ3) is 2.69. The van der Waals surface area contributed by atoms with Crippen LogP contribution in [-0.2, 0) is 0 Å². The summed E-state index contributed by atoms with van der Waals surface area (Å²) in [4.78, 5) is 9.36. The standard InChI is InChI=1S/C16H19N3S2/c1-11-4-6-16(7-5-11)9-20-15(19-16)18-12-2-3-13-14(8-12)21-10-17-13/h2-3,8,10-11H,4-7,9H2,1H3,(H,18,19). The van der Waals surface area contributed by atoms with E-state index in [1.165, 1.54) is 30.4 Å². The van der Waals surface area contributed by atoms with Gasteiger partial charge in [0.25, 0.3) is 0 Å². The Hall–Kier alpha value is -1.07. The molecule has 110 valence electrons. The Morgan fingerprint density at radius 3 is 3.00 bits per heavy atom. The van der Waals surface area contributed by atoms with Crippen molar-refractivity contribution in [3.8, 4) is 0 Å². The SMILES string of the molecule is CC1CCC2(CC1)CSC(Nc1ccc3ncsc3c1)=N2. The summed E-state index contributed by atoms with van der Waals surface area (Å²) in [5, 5.41) is 4.59. The zero-order chi connectivity index (χ0) is 14.3. The molecule has 2 aliphatic rings. The number of aliphatic imine (C=N–C) groups is 1. The van der Waals surface area contributed by atoms with E-state index in [1.807, 2.05) is 17.3 Å². The van der Waals surface area contributed by atoms with E-state index in [0.717, 1.165) is 28.0 Å². The van der Waals surface area contributed by atoms with Gasteiger partial charge in [-0.1, -0.05) is 18.7 Å². The quantitative estimate of drug-likeness (QED) is 0.824. The number of amidine groups is 1. The minimum atomic E-state index is 0.216. The molecule has 1 N–H and O–H groups in total. The van der Waals surface area contributed by atoms with Crippen LogP contribution in [0.3, 0.4) is 0 Å². The summed E-state index contributed by atoms with van der Waals surface area (Å²) in [5.74, 6) is 2.02. The van der Waals surface area contributed by atoms with Crippen molar-refractivity contribution >= 4 is 44.2 Å². The fraction of sp³-hybridized carbons (Fsp3) is 0.500. The number of fused-ring (bicyclic) bond motifs is 1. The van der Waals surface area contributed by atoms with Gasteiger partial charge in [0.05, 0.1) is 21.3 Å². The number of hydrogen-bond acceptors (Lipinski definition) is 5. The lowest BCUT2D eigenvalue weighted by atomic mass is 9.79. The van der Waals surface area contributed by atoms with Crippen molar-refractivity contribution in [1.29, 1.82) is 0 Å². The summed E-state index contributed by atoms with van der Waals surface area (Å²) in [6.07, 6.45) is 5.15. The molecule has 2 heterocycles. The molecule has 0 atom stereocenters. The highest BCUT2D eigenvalue weighted by Gasteiger charge is 2.38. The number of anilines is 1. The van der Waals surface area contributed by atoms with Gasteiger partial charge in [0.2, 0.25) is 0 Å². The van der Waals surface area contributed by atoms with E-state index in [9.17, 15) is 0 Å². The molecule has 1 saturated carbocycles. The maximum atomic E-state index is 5.03. The molecule has 5 heteroatoms. The molecule has 0 unspecified atom stereocenters. The molecule has 0 bridgehead atoms. The van der Waals surface area contributed by atoms with Crippen LogP contribution < -0.4 is 5.32 Å². The number of thiazole rings is 1. The summed E-state index contributed by atoms with van der Waals surface area (Å²) in [6, 6.07) is 6.34. The number of nitrogens with one attached hydrogen (secondary N) is 1. The van der Waals surface area contributed by atoms with Gasteiger partial charge >= 0.3 is 0 Å². The number of benzene rings is 1. The van der Waals surface area contributed by atoms with Gasteiger partial charge in [-0.2, -0.15) is 0 Å². The lowest BCUT2D eigenvalue weighted by Gasteiger charge is -2.32. The Labute approximate surface area is 133 Å². The summed E-state index contributed by atoms with van der Waals surface area (Å²) in [6.45, 7) is 2.36. The Morgan fingerprint density at radius 2 is 2.14 bits per heavy atom. The zero-order valence-corrected chi connectivity index (χ0v) is 13.8. The van der Waals surface area contributed by atoms with Crippen LogP contribution in [0.2, 0.25) is 0 Å². The smallest absolute Gasteiger partial charge is 0.161 e. The van der Waals surface area contributed by atoms with Crippen molar-refractivity contribution in [1.82, 2.24) is 4.98 Å². The van der Waals surface area contributed by atoms with Crippen LogP contribution in [0.15, 0.2) is 28.7 Å². The number of rotatable bonds is 1. The van der Waals surface area contributed by atoms with E-state index in [-0.39, 0.29) is 5.54 Å². The molecule has 1 aromatic carbocycles. The van der Waals surface area contributed by atoms with Crippen LogP contribution in [0.5, 0.6) is 0 Å². The molecule has 4 rings (SSSR count). The van der Waals surface area contributed by atoms with Crippen molar-refractivity contribution in [2.45, 2.75) is 38.1 Å². The van der Waals surface area contributed by atoms with Gasteiger partial charge in [-0.25, -0.2) is 4.98 Å². The van der Waals surface area contributed by atoms with Crippen molar-refractivity contribution in [2.75, 3.05) is 11.1 Å². The highest BCUT2D eigenvalue weighted by molar-refractivity contribution is 8.14. The predicted octanol–water partition coefficient (Wildman–Crippen LogP) is 4.76. The molecule has 2 aromatic rings. The average molecular weight is 317 g/mol. The summed E-state index contributed by atoms with van der Waals surface area (Å²) in [5.41, 5.74) is 4.31. The van der Waals surface area contributed by atoms with Crippen molar-refractivity contribution in [3.63, 3.8) is 0 Å². The minimum absolute atomic E-state index is 0.216. The van der Waals surface area contributed by atoms with E-state index in [2.05, 4.69) is 35.4 Å². The first kappa shape index (κ1) is 13.6. The first-order valence-corrected chi connectivity index (χ1v) is 9.42. The highest BCUT2D eigenvalue weighted by atomic mass is 32.2. The first-order chi connectivity index (χ1) is 10.2. The van der Waals surface area contributed by atoms with Crippen LogP contribution in [0.25, 0.3) is 10.2 Å². The number of thioether (sulfide) groups is 1.